The van der Waals surface area contributed by atoms with E-state index in [1.807, 2.05) is 11.8 Å². The van der Waals surface area contributed by atoms with Gasteiger partial charge in [0.15, 0.2) is 0 Å². The Morgan fingerprint density at radius 1 is 1.14 bits per heavy atom. The number of aromatic nitrogens is 3. The third-order valence-electron chi connectivity index (χ3n) is 3.61. The molecule has 1 fully saturated rings. The topological polar surface area (TPSA) is 72.0 Å². The van der Waals surface area contributed by atoms with Gasteiger partial charge in [-0.15, -0.1) is 0 Å². The van der Waals surface area contributed by atoms with Crippen molar-refractivity contribution >= 4 is 23.7 Å². The van der Waals surface area contributed by atoms with E-state index in [4.69, 9.17) is 4.74 Å². The van der Waals surface area contributed by atoms with Crippen molar-refractivity contribution in [1.29, 1.82) is 0 Å². The predicted octanol–water partition coefficient (Wildman–Crippen LogP) is 2.79. The van der Waals surface area contributed by atoms with Gasteiger partial charge in [-0.3, -0.25) is 0 Å². The highest BCUT2D eigenvalue weighted by molar-refractivity contribution is 7.99. The first-order chi connectivity index (χ1) is 10.2. The molecule has 1 aliphatic rings. The fourth-order valence-corrected chi connectivity index (χ4v) is 3.16. The molecule has 1 heterocycles. The van der Waals surface area contributed by atoms with Gasteiger partial charge in [-0.1, -0.05) is 6.92 Å². The quantitative estimate of drug-likeness (QED) is 0.802. The fourth-order valence-electron chi connectivity index (χ4n) is 2.42. The minimum absolute atomic E-state index is 0.386. The lowest BCUT2D eigenvalue weighted by Gasteiger charge is -2.28. The monoisotopic (exact) mass is 311 g/mol. The average molecular weight is 311 g/mol. The Kier molecular flexibility index (Phi) is 6.35. The zero-order valence-electron chi connectivity index (χ0n) is 13.1. The van der Waals surface area contributed by atoms with Crippen LogP contribution in [0.2, 0.25) is 0 Å². The second-order valence-corrected chi connectivity index (χ2v) is 6.36. The maximum absolute atomic E-state index is 5.52. The van der Waals surface area contributed by atoms with Crippen LogP contribution in [0.3, 0.4) is 0 Å². The van der Waals surface area contributed by atoms with Gasteiger partial charge in [-0.2, -0.15) is 26.7 Å². The van der Waals surface area contributed by atoms with Gasteiger partial charge in [0.25, 0.3) is 0 Å². The Bertz CT molecular complexity index is 437. The molecule has 0 saturated heterocycles. The Balaban J connectivity index is 1.98. The highest BCUT2D eigenvalue weighted by Crippen LogP contribution is 2.28. The highest BCUT2D eigenvalue weighted by atomic mass is 32.2. The highest BCUT2D eigenvalue weighted by Gasteiger charge is 2.21. The van der Waals surface area contributed by atoms with E-state index < -0.39 is 0 Å². The normalized spacial score (nSPS) is 21.9. The molecule has 21 heavy (non-hydrogen) atoms. The third-order valence-corrected chi connectivity index (χ3v) is 4.75. The van der Waals surface area contributed by atoms with Crippen LogP contribution in [-0.4, -0.2) is 46.2 Å². The second-order valence-electron chi connectivity index (χ2n) is 5.22. The van der Waals surface area contributed by atoms with Crippen molar-refractivity contribution in [3.8, 4) is 6.01 Å². The van der Waals surface area contributed by atoms with Gasteiger partial charge in [0.2, 0.25) is 11.9 Å². The lowest BCUT2D eigenvalue weighted by atomic mass is 9.95. The van der Waals surface area contributed by atoms with Gasteiger partial charge in [0.05, 0.1) is 6.61 Å². The number of anilines is 2. The van der Waals surface area contributed by atoms with Crippen molar-refractivity contribution < 1.29 is 4.74 Å². The minimum Gasteiger partial charge on any atom is -0.463 e. The Labute approximate surface area is 130 Å². The molecular formula is C14H25N5OS. The number of thioether (sulfide) groups is 1. The average Bonchev–Trinajstić information content (AvgIpc) is 2.53. The number of nitrogens with zero attached hydrogens (tertiary/aromatic N) is 3. The summed E-state index contributed by atoms with van der Waals surface area (Å²) >= 11 is 1.97. The molecule has 0 radical (unpaired) electrons. The van der Waals surface area contributed by atoms with Crippen LogP contribution in [0.5, 0.6) is 6.01 Å². The van der Waals surface area contributed by atoms with Crippen LogP contribution in [-0.2, 0) is 0 Å². The number of ether oxygens (including phenoxy) is 1. The summed E-state index contributed by atoms with van der Waals surface area (Å²) < 4.78 is 5.52. The Morgan fingerprint density at radius 3 is 2.48 bits per heavy atom. The predicted molar refractivity (Wildman–Crippen MR) is 88.3 cm³/mol. The van der Waals surface area contributed by atoms with Crippen LogP contribution in [0, 0.1) is 0 Å². The molecule has 7 heteroatoms. The smallest absolute Gasteiger partial charge is 0.323 e. The molecule has 1 aromatic rings. The number of hydrogen-bond donors (Lipinski definition) is 2. The summed E-state index contributed by atoms with van der Waals surface area (Å²) in [5.41, 5.74) is 0. The summed E-state index contributed by atoms with van der Waals surface area (Å²) in [6.45, 7) is 2.68. The van der Waals surface area contributed by atoms with E-state index in [0.717, 1.165) is 24.5 Å². The molecule has 2 N–H and O–H groups in total. The first-order valence-corrected chi connectivity index (χ1v) is 8.90. The van der Waals surface area contributed by atoms with Crippen molar-refractivity contribution in [2.24, 2.45) is 0 Å². The summed E-state index contributed by atoms with van der Waals surface area (Å²) in [7, 11) is 1.80. The van der Waals surface area contributed by atoms with E-state index in [9.17, 15) is 0 Å². The SMILES string of the molecule is CCCOc1nc(NC)nc(NC2CCC(SC)CC2)n1. The third kappa shape index (κ3) is 4.91. The van der Waals surface area contributed by atoms with E-state index in [1.165, 1.54) is 12.8 Å². The van der Waals surface area contributed by atoms with E-state index in [2.05, 4.69) is 38.8 Å². The van der Waals surface area contributed by atoms with Crippen molar-refractivity contribution in [2.75, 3.05) is 30.5 Å². The maximum Gasteiger partial charge on any atom is 0.323 e. The summed E-state index contributed by atoms with van der Waals surface area (Å²) in [6, 6.07) is 0.830. The van der Waals surface area contributed by atoms with Gasteiger partial charge in [-0.25, -0.2) is 0 Å². The number of hydrogen-bond acceptors (Lipinski definition) is 7. The van der Waals surface area contributed by atoms with Gasteiger partial charge in [0.1, 0.15) is 0 Å². The van der Waals surface area contributed by atoms with Crippen LogP contribution in [0.4, 0.5) is 11.9 Å². The van der Waals surface area contributed by atoms with Crippen LogP contribution in [0.25, 0.3) is 0 Å². The standard InChI is InChI=1S/C14H25N5OS/c1-4-9-20-14-18-12(15-2)17-13(19-14)16-10-5-7-11(21-3)8-6-10/h10-11H,4-9H2,1-3H3,(H2,15,16,17,18,19). The zero-order chi connectivity index (χ0) is 15.1. The number of rotatable bonds is 7. The molecule has 0 aliphatic heterocycles. The molecule has 118 valence electrons. The van der Waals surface area contributed by atoms with Crippen molar-refractivity contribution in [3.05, 3.63) is 0 Å². The zero-order valence-corrected chi connectivity index (χ0v) is 13.9. The molecule has 0 unspecified atom stereocenters. The summed E-state index contributed by atoms with van der Waals surface area (Å²) in [6.07, 6.45) is 7.96. The van der Waals surface area contributed by atoms with E-state index in [-0.39, 0.29) is 0 Å². The molecule has 1 saturated carbocycles. The lowest BCUT2D eigenvalue weighted by molar-refractivity contribution is 0.292. The molecule has 1 aromatic heterocycles. The van der Waals surface area contributed by atoms with Crippen LogP contribution < -0.4 is 15.4 Å². The van der Waals surface area contributed by atoms with Crippen molar-refractivity contribution in [1.82, 2.24) is 15.0 Å². The fraction of sp³-hybridized carbons (Fsp3) is 0.786. The molecule has 2 rings (SSSR count). The maximum atomic E-state index is 5.52. The minimum atomic E-state index is 0.386. The van der Waals surface area contributed by atoms with E-state index >= 15 is 0 Å². The first kappa shape index (κ1) is 16.1. The van der Waals surface area contributed by atoms with Gasteiger partial charge < -0.3 is 15.4 Å². The van der Waals surface area contributed by atoms with Gasteiger partial charge in [-0.05, 0) is 38.4 Å². The van der Waals surface area contributed by atoms with Gasteiger partial charge in [0, 0.05) is 18.3 Å². The Morgan fingerprint density at radius 2 is 1.86 bits per heavy atom. The van der Waals surface area contributed by atoms with Crippen molar-refractivity contribution in [2.45, 2.75) is 50.3 Å². The lowest BCUT2D eigenvalue weighted by Crippen LogP contribution is -2.28. The molecule has 0 amide bonds. The van der Waals surface area contributed by atoms with Crippen LogP contribution in [0.15, 0.2) is 0 Å². The van der Waals surface area contributed by atoms with Gasteiger partial charge >= 0.3 is 6.01 Å². The largest absolute Gasteiger partial charge is 0.463 e. The molecular weight excluding hydrogens is 286 g/mol. The molecule has 6 nitrogen and oxygen atoms in total. The van der Waals surface area contributed by atoms with E-state index in [0.29, 0.717) is 30.6 Å². The summed E-state index contributed by atoms with van der Waals surface area (Å²) in [5, 5.41) is 7.18. The number of nitrogens with one attached hydrogen (secondary N) is 2. The summed E-state index contributed by atoms with van der Waals surface area (Å²) in [5.74, 6) is 1.14. The molecule has 1 aliphatic carbocycles. The van der Waals surface area contributed by atoms with E-state index in [1.54, 1.807) is 7.05 Å². The van der Waals surface area contributed by atoms with Crippen LogP contribution in [0.1, 0.15) is 39.0 Å². The van der Waals surface area contributed by atoms with Crippen LogP contribution >= 0.6 is 11.8 Å². The molecule has 0 atom stereocenters. The second kappa shape index (κ2) is 8.26. The van der Waals surface area contributed by atoms with Crippen molar-refractivity contribution in [3.63, 3.8) is 0 Å². The summed E-state index contributed by atoms with van der Waals surface area (Å²) in [4.78, 5) is 12.9. The first-order valence-electron chi connectivity index (χ1n) is 7.61. The molecule has 0 bridgehead atoms. The Hall–Kier alpha value is -1.24. The molecule has 0 spiro atoms. The molecule has 0 aromatic carbocycles.